The number of rotatable bonds is 2. The van der Waals surface area contributed by atoms with Crippen LogP contribution in [0.3, 0.4) is 0 Å². The van der Waals surface area contributed by atoms with Gasteiger partial charge in [-0.25, -0.2) is 0 Å². The van der Waals surface area contributed by atoms with Crippen molar-refractivity contribution in [3.05, 3.63) is 36.0 Å². The second kappa shape index (κ2) is 7.11. The van der Waals surface area contributed by atoms with Crippen LogP contribution in [-0.2, 0) is 0 Å². The summed E-state index contributed by atoms with van der Waals surface area (Å²) in [6.45, 7) is 0. The average molecular weight is 309 g/mol. The van der Waals surface area contributed by atoms with Gasteiger partial charge in [-0.15, -0.1) is 0 Å². The van der Waals surface area contributed by atoms with Gasteiger partial charge in [0.25, 0.3) is 0 Å². The van der Waals surface area contributed by atoms with Crippen molar-refractivity contribution in [1.29, 1.82) is 0 Å². The molecular weight excluding hydrogens is 278 g/mol. The van der Waals surface area contributed by atoms with Crippen molar-refractivity contribution in [2.45, 2.75) is 89.0 Å². The molecule has 0 bridgehead atoms. The smallest absolute Gasteiger partial charge is 0.0485 e. The van der Waals surface area contributed by atoms with Crippen LogP contribution in [-0.4, -0.2) is 4.57 Å². The Kier molecular flexibility index (Phi) is 4.73. The number of para-hydroxylation sites is 1. The van der Waals surface area contributed by atoms with Crippen LogP contribution in [0.2, 0.25) is 0 Å². The topological polar surface area (TPSA) is 4.93 Å². The van der Waals surface area contributed by atoms with Crippen molar-refractivity contribution >= 4 is 10.9 Å². The Morgan fingerprint density at radius 1 is 0.696 bits per heavy atom. The molecule has 0 radical (unpaired) electrons. The Balaban J connectivity index is 1.73. The maximum atomic E-state index is 2.67. The first-order valence-electron chi connectivity index (χ1n) is 10.0. The third-order valence-electron chi connectivity index (χ3n) is 6.28. The van der Waals surface area contributed by atoms with E-state index in [-0.39, 0.29) is 0 Å². The lowest BCUT2D eigenvalue weighted by molar-refractivity contribution is 0.454. The largest absolute Gasteiger partial charge is 0.344 e. The number of aromatic nitrogens is 1. The quantitative estimate of drug-likeness (QED) is 0.528. The molecule has 23 heavy (non-hydrogen) atoms. The fourth-order valence-corrected chi connectivity index (χ4v) is 4.99. The first kappa shape index (κ1) is 15.3. The molecule has 2 aliphatic carbocycles. The number of nitrogens with zero attached hydrogens (tertiary/aromatic N) is 1. The predicted octanol–water partition coefficient (Wildman–Crippen LogP) is 6.97. The third-order valence-corrected chi connectivity index (χ3v) is 6.28. The summed E-state index contributed by atoms with van der Waals surface area (Å²) in [5.74, 6) is 0.800. The van der Waals surface area contributed by atoms with Crippen LogP contribution in [0.1, 0.15) is 94.6 Å². The summed E-state index contributed by atoms with van der Waals surface area (Å²) >= 11 is 0. The molecule has 0 spiro atoms. The van der Waals surface area contributed by atoms with Gasteiger partial charge in [0, 0.05) is 23.1 Å². The van der Waals surface area contributed by atoms with E-state index in [4.69, 9.17) is 0 Å². The Hall–Kier alpha value is -1.24. The molecule has 1 heteroatoms. The van der Waals surface area contributed by atoms with E-state index >= 15 is 0 Å². The molecule has 0 N–H and O–H groups in total. The summed E-state index contributed by atoms with van der Waals surface area (Å²) in [6.07, 6.45) is 19.6. The van der Waals surface area contributed by atoms with Gasteiger partial charge in [0.1, 0.15) is 0 Å². The van der Waals surface area contributed by atoms with Gasteiger partial charge >= 0.3 is 0 Å². The van der Waals surface area contributed by atoms with Crippen molar-refractivity contribution < 1.29 is 0 Å². The molecule has 4 rings (SSSR count). The van der Waals surface area contributed by atoms with E-state index in [1.54, 1.807) is 10.9 Å². The number of hydrogen-bond donors (Lipinski definition) is 0. The van der Waals surface area contributed by atoms with Gasteiger partial charge in [-0.3, -0.25) is 0 Å². The van der Waals surface area contributed by atoms with Crippen molar-refractivity contribution in [2.75, 3.05) is 0 Å². The van der Waals surface area contributed by atoms with E-state index in [2.05, 4.69) is 35.0 Å². The van der Waals surface area contributed by atoms with Crippen molar-refractivity contribution in [3.8, 4) is 0 Å². The second-order valence-electron chi connectivity index (χ2n) is 7.84. The molecule has 124 valence electrons. The van der Waals surface area contributed by atoms with E-state index in [0.717, 1.165) is 12.0 Å². The predicted molar refractivity (Wildman–Crippen MR) is 99.1 cm³/mol. The highest BCUT2D eigenvalue weighted by Gasteiger charge is 2.22. The molecule has 2 aromatic rings. The van der Waals surface area contributed by atoms with Gasteiger partial charge < -0.3 is 4.57 Å². The zero-order valence-electron chi connectivity index (χ0n) is 14.5. The molecule has 2 aliphatic rings. The van der Waals surface area contributed by atoms with Crippen LogP contribution in [0, 0.1) is 0 Å². The van der Waals surface area contributed by atoms with Gasteiger partial charge in [-0.2, -0.15) is 0 Å². The van der Waals surface area contributed by atoms with Gasteiger partial charge in [0.2, 0.25) is 0 Å². The summed E-state index contributed by atoms with van der Waals surface area (Å²) in [7, 11) is 0. The molecule has 0 aliphatic heterocycles. The lowest BCUT2D eigenvalue weighted by atomic mass is 9.91. The first-order valence-corrected chi connectivity index (χ1v) is 10.0. The minimum atomic E-state index is 0.738. The summed E-state index contributed by atoms with van der Waals surface area (Å²) in [5, 5.41) is 1.55. The van der Waals surface area contributed by atoms with Gasteiger partial charge in [0.05, 0.1) is 0 Å². The number of fused-ring (bicyclic) bond motifs is 1. The lowest BCUT2D eigenvalue weighted by Gasteiger charge is -2.18. The zero-order valence-corrected chi connectivity index (χ0v) is 14.5. The molecule has 0 saturated heterocycles. The summed E-state index contributed by atoms with van der Waals surface area (Å²) in [5.41, 5.74) is 3.16. The lowest BCUT2D eigenvalue weighted by Crippen LogP contribution is -2.06. The van der Waals surface area contributed by atoms with E-state index < -0.39 is 0 Å². The number of benzene rings is 1. The molecule has 2 saturated carbocycles. The highest BCUT2D eigenvalue weighted by molar-refractivity contribution is 5.84. The van der Waals surface area contributed by atoms with Crippen molar-refractivity contribution in [3.63, 3.8) is 0 Å². The molecule has 2 fully saturated rings. The Bertz CT molecular complexity index is 568. The standard InChI is InChI=1S/C22H31N/c1-2-6-12-18(11-5-1)21-17-23(19-13-7-3-4-8-14-19)22-16-10-9-15-20(21)22/h9-10,15-19H,1-8,11-14H2. The molecule has 0 unspecified atom stereocenters. The monoisotopic (exact) mass is 309 g/mol. The minimum Gasteiger partial charge on any atom is -0.344 e. The van der Waals surface area contributed by atoms with Gasteiger partial charge in [-0.05, 0) is 43.2 Å². The second-order valence-corrected chi connectivity index (χ2v) is 7.84. The molecule has 1 nitrogen and oxygen atoms in total. The first-order chi connectivity index (χ1) is 11.4. The van der Waals surface area contributed by atoms with E-state index in [9.17, 15) is 0 Å². The highest BCUT2D eigenvalue weighted by Crippen LogP contribution is 2.39. The van der Waals surface area contributed by atoms with Gasteiger partial charge in [-0.1, -0.05) is 69.6 Å². The molecule has 0 amide bonds. The van der Waals surface area contributed by atoms with E-state index in [0.29, 0.717) is 0 Å². The Labute approximate surface area is 141 Å². The van der Waals surface area contributed by atoms with Crippen LogP contribution in [0.15, 0.2) is 30.5 Å². The molecule has 1 heterocycles. The summed E-state index contributed by atoms with van der Waals surface area (Å²) < 4.78 is 2.67. The van der Waals surface area contributed by atoms with E-state index in [1.807, 2.05) is 0 Å². The molecule has 1 aromatic heterocycles. The normalized spacial score (nSPS) is 22.1. The van der Waals surface area contributed by atoms with Crippen molar-refractivity contribution in [1.82, 2.24) is 4.57 Å². The van der Waals surface area contributed by atoms with Crippen LogP contribution >= 0.6 is 0 Å². The Morgan fingerprint density at radius 2 is 1.30 bits per heavy atom. The SMILES string of the molecule is c1ccc2c(c1)c(C1CCCCCC1)cn2C1CCCCCC1. The van der Waals surface area contributed by atoms with E-state index in [1.165, 1.54) is 82.6 Å². The van der Waals surface area contributed by atoms with Crippen LogP contribution < -0.4 is 0 Å². The third kappa shape index (κ3) is 3.20. The fourth-order valence-electron chi connectivity index (χ4n) is 4.99. The molecule has 0 atom stereocenters. The highest BCUT2D eigenvalue weighted by atomic mass is 15.0. The van der Waals surface area contributed by atoms with Gasteiger partial charge in [0.15, 0.2) is 0 Å². The molecular formula is C22H31N. The maximum Gasteiger partial charge on any atom is 0.0485 e. The van der Waals surface area contributed by atoms with Crippen LogP contribution in [0.5, 0.6) is 0 Å². The summed E-state index contributed by atoms with van der Waals surface area (Å²) in [6, 6.07) is 9.94. The average Bonchev–Trinajstić information content (AvgIpc) is 2.83. The zero-order chi connectivity index (χ0) is 15.5. The fraction of sp³-hybridized carbons (Fsp3) is 0.636. The van der Waals surface area contributed by atoms with Crippen molar-refractivity contribution in [2.24, 2.45) is 0 Å². The van der Waals surface area contributed by atoms with Crippen LogP contribution in [0.4, 0.5) is 0 Å². The molecule has 1 aromatic carbocycles. The Morgan fingerprint density at radius 3 is 2.00 bits per heavy atom. The maximum absolute atomic E-state index is 2.67. The number of hydrogen-bond acceptors (Lipinski definition) is 0. The van der Waals surface area contributed by atoms with Crippen LogP contribution in [0.25, 0.3) is 10.9 Å². The minimum absolute atomic E-state index is 0.738. The summed E-state index contributed by atoms with van der Waals surface area (Å²) in [4.78, 5) is 0.